The van der Waals surface area contributed by atoms with Crippen LogP contribution in [0.25, 0.3) is 0 Å². The Morgan fingerprint density at radius 1 is 0.935 bits per heavy atom. The maximum Gasteiger partial charge on any atom is 0.181 e. The molecule has 4 nitrogen and oxygen atoms in total. The highest BCUT2D eigenvalue weighted by Crippen LogP contribution is 2.44. The third kappa shape index (κ3) is 9.15. The van der Waals surface area contributed by atoms with E-state index in [0.717, 1.165) is 43.1 Å². The lowest BCUT2D eigenvalue weighted by Crippen LogP contribution is -2.29. The van der Waals surface area contributed by atoms with Crippen molar-refractivity contribution in [3.05, 3.63) is 12.2 Å². The summed E-state index contributed by atoms with van der Waals surface area (Å²) < 4.78 is 16.6. The molecule has 31 heavy (non-hydrogen) atoms. The van der Waals surface area contributed by atoms with E-state index in [-0.39, 0.29) is 6.61 Å². The number of ether oxygens (including phenoxy) is 3. The van der Waals surface area contributed by atoms with Crippen LogP contribution in [0.4, 0.5) is 0 Å². The van der Waals surface area contributed by atoms with Crippen molar-refractivity contribution in [1.82, 2.24) is 0 Å². The summed E-state index contributed by atoms with van der Waals surface area (Å²) in [5.41, 5.74) is 0.584. The standard InChI is InChI=1S/C27H50O4/c1-5-6-7-22-8-10-23(11-9-22)24-12-14-25(15-13-24)26(16-18-29-3)17-19-31-27(30-4)21(2)20-28/h22-28H,2,5-20H2,1,3-4H3. The number of methoxy groups -OCH3 is 2. The summed E-state index contributed by atoms with van der Waals surface area (Å²) >= 11 is 0. The van der Waals surface area contributed by atoms with Gasteiger partial charge in [0.2, 0.25) is 0 Å². The van der Waals surface area contributed by atoms with Gasteiger partial charge in [0.05, 0.1) is 13.2 Å². The molecule has 2 saturated carbocycles. The van der Waals surface area contributed by atoms with Gasteiger partial charge in [-0.05, 0) is 81.0 Å². The van der Waals surface area contributed by atoms with Crippen molar-refractivity contribution in [3.63, 3.8) is 0 Å². The van der Waals surface area contributed by atoms with Crippen LogP contribution in [0.2, 0.25) is 0 Å². The Kier molecular flexibility index (Phi) is 13.3. The number of hydrogen-bond acceptors (Lipinski definition) is 4. The maximum atomic E-state index is 9.27. The fraction of sp³-hybridized carbons (Fsp3) is 0.926. The highest BCUT2D eigenvalue weighted by Gasteiger charge is 2.33. The maximum absolute atomic E-state index is 9.27. The van der Waals surface area contributed by atoms with Gasteiger partial charge < -0.3 is 19.3 Å². The van der Waals surface area contributed by atoms with Crippen LogP contribution in [0.1, 0.15) is 90.4 Å². The molecule has 2 aliphatic rings. The van der Waals surface area contributed by atoms with Gasteiger partial charge in [0.15, 0.2) is 6.29 Å². The van der Waals surface area contributed by atoms with Gasteiger partial charge in [-0.25, -0.2) is 0 Å². The third-order valence-corrected chi connectivity index (χ3v) is 8.21. The number of aliphatic hydroxyl groups excluding tert-OH is 1. The molecule has 0 aromatic heterocycles. The molecule has 0 amide bonds. The molecule has 0 radical (unpaired) electrons. The summed E-state index contributed by atoms with van der Waals surface area (Å²) in [6, 6.07) is 0. The van der Waals surface area contributed by atoms with Gasteiger partial charge in [-0.2, -0.15) is 0 Å². The Morgan fingerprint density at radius 3 is 2.10 bits per heavy atom. The van der Waals surface area contributed by atoms with Gasteiger partial charge in [-0.15, -0.1) is 0 Å². The average molecular weight is 439 g/mol. The number of aliphatic hydroxyl groups is 1. The molecule has 2 unspecified atom stereocenters. The second-order valence-corrected chi connectivity index (χ2v) is 10.2. The first-order chi connectivity index (χ1) is 15.1. The summed E-state index contributed by atoms with van der Waals surface area (Å²) in [6.45, 7) is 7.52. The molecule has 0 saturated heterocycles. The van der Waals surface area contributed by atoms with Gasteiger partial charge >= 0.3 is 0 Å². The van der Waals surface area contributed by atoms with Crippen LogP contribution in [0.5, 0.6) is 0 Å². The van der Waals surface area contributed by atoms with Crippen LogP contribution in [-0.2, 0) is 14.2 Å². The second kappa shape index (κ2) is 15.4. The van der Waals surface area contributed by atoms with Crippen molar-refractivity contribution in [2.45, 2.75) is 96.7 Å². The van der Waals surface area contributed by atoms with Crippen molar-refractivity contribution in [1.29, 1.82) is 0 Å². The van der Waals surface area contributed by atoms with E-state index >= 15 is 0 Å². The molecule has 0 aliphatic heterocycles. The predicted octanol–water partition coefficient (Wildman–Crippen LogP) is 6.37. The molecule has 182 valence electrons. The van der Waals surface area contributed by atoms with E-state index < -0.39 is 6.29 Å². The van der Waals surface area contributed by atoms with Crippen molar-refractivity contribution in [2.24, 2.45) is 29.6 Å². The summed E-state index contributed by atoms with van der Waals surface area (Å²) in [4.78, 5) is 0. The van der Waals surface area contributed by atoms with Crippen molar-refractivity contribution in [2.75, 3.05) is 34.0 Å². The lowest BCUT2D eigenvalue weighted by molar-refractivity contribution is -0.106. The van der Waals surface area contributed by atoms with Crippen LogP contribution in [0, 0.1) is 29.6 Å². The van der Waals surface area contributed by atoms with E-state index in [1.54, 1.807) is 14.2 Å². The fourth-order valence-electron chi connectivity index (χ4n) is 6.17. The van der Waals surface area contributed by atoms with E-state index in [9.17, 15) is 5.11 Å². The highest BCUT2D eigenvalue weighted by molar-refractivity contribution is 4.98. The molecule has 0 aromatic rings. The van der Waals surface area contributed by atoms with Crippen LogP contribution < -0.4 is 0 Å². The van der Waals surface area contributed by atoms with Gasteiger partial charge in [0, 0.05) is 26.4 Å². The molecule has 0 spiro atoms. The molecular formula is C27H50O4. The number of unbranched alkanes of at least 4 members (excludes halogenated alkanes) is 1. The van der Waals surface area contributed by atoms with Crippen LogP contribution in [0.15, 0.2) is 12.2 Å². The Balaban J connectivity index is 1.75. The molecule has 2 aliphatic carbocycles. The van der Waals surface area contributed by atoms with Crippen molar-refractivity contribution >= 4 is 0 Å². The zero-order valence-corrected chi connectivity index (χ0v) is 20.7. The van der Waals surface area contributed by atoms with Crippen LogP contribution >= 0.6 is 0 Å². The van der Waals surface area contributed by atoms with E-state index in [1.807, 2.05) is 0 Å². The van der Waals surface area contributed by atoms with Gasteiger partial charge in [0.25, 0.3) is 0 Å². The Bertz CT molecular complexity index is 464. The Hall–Kier alpha value is -0.420. The SMILES string of the molecule is C=C(CO)C(OC)OCCC(CCOC)C1CCC(C2CCC(CCCC)CC2)CC1. The smallest absolute Gasteiger partial charge is 0.181 e. The highest BCUT2D eigenvalue weighted by atomic mass is 16.7. The number of hydrogen-bond donors (Lipinski definition) is 1. The van der Waals surface area contributed by atoms with E-state index in [0.29, 0.717) is 18.1 Å². The lowest BCUT2D eigenvalue weighted by atomic mass is 9.66. The monoisotopic (exact) mass is 438 g/mol. The minimum absolute atomic E-state index is 0.101. The lowest BCUT2D eigenvalue weighted by Gasteiger charge is -2.40. The molecule has 2 rings (SSSR count). The summed E-state index contributed by atoms with van der Waals surface area (Å²) in [7, 11) is 3.40. The average Bonchev–Trinajstić information content (AvgIpc) is 2.82. The fourth-order valence-corrected chi connectivity index (χ4v) is 6.17. The molecule has 2 fully saturated rings. The predicted molar refractivity (Wildman–Crippen MR) is 128 cm³/mol. The molecule has 2 atom stereocenters. The van der Waals surface area contributed by atoms with Crippen LogP contribution in [-0.4, -0.2) is 45.4 Å². The largest absolute Gasteiger partial charge is 0.392 e. The molecule has 0 aromatic carbocycles. The van der Waals surface area contributed by atoms with Gasteiger partial charge in [-0.1, -0.05) is 45.6 Å². The quantitative estimate of drug-likeness (QED) is 0.238. The zero-order valence-electron chi connectivity index (χ0n) is 20.7. The summed E-state index contributed by atoms with van der Waals surface area (Å²) in [5.74, 6) is 4.41. The Morgan fingerprint density at radius 2 is 1.55 bits per heavy atom. The summed E-state index contributed by atoms with van der Waals surface area (Å²) in [5, 5.41) is 9.27. The van der Waals surface area contributed by atoms with Crippen molar-refractivity contribution in [3.8, 4) is 0 Å². The molecule has 1 N–H and O–H groups in total. The summed E-state index contributed by atoms with van der Waals surface area (Å²) in [6.07, 6.45) is 17.4. The van der Waals surface area contributed by atoms with E-state index in [2.05, 4.69) is 13.5 Å². The molecule has 0 heterocycles. The first-order valence-electron chi connectivity index (χ1n) is 13.0. The van der Waals surface area contributed by atoms with E-state index in [1.165, 1.54) is 70.6 Å². The van der Waals surface area contributed by atoms with Crippen molar-refractivity contribution < 1.29 is 19.3 Å². The second-order valence-electron chi connectivity index (χ2n) is 10.2. The minimum Gasteiger partial charge on any atom is -0.392 e. The Labute approximate surface area is 192 Å². The number of rotatable bonds is 15. The van der Waals surface area contributed by atoms with Crippen LogP contribution in [0.3, 0.4) is 0 Å². The topological polar surface area (TPSA) is 47.9 Å². The third-order valence-electron chi connectivity index (χ3n) is 8.21. The van der Waals surface area contributed by atoms with E-state index in [4.69, 9.17) is 14.2 Å². The zero-order chi connectivity index (χ0) is 22.5. The molecule has 4 heteroatoms. The molecular weight excluding hydrogens is 388 g/mol. The first kappa shape index (κ1) is 26.8. The van der Waals surface area contributed by atoms with Gasteiger partial charge in [0.1, 0.15) is 0 Å². The van der Waals surface area contributed by atoms with Gasteiger partial charge in [-0.3, -0.25) is 0 Å². The minimum atomic E-state index is -0.503. The molecule has 0 bridgehead atoms. The first-order valence-corrected chi connectivity index (χ1v) is 13.0. The normalized spacial score (nSPS) is 28.9.